The first kappa shape index (κ1) is 22.7. The Hall–Kier alpha value is -2.54. The van der Waals surface area contributed by atoms with E-state index in [4.69, 9.17) is 9.47 Å². The van der Waals surface area contributed by atoms with Crippen molar-refractivity contribution < 1.29 is 19.1 Å². The first-order valence-electron chi connectivity index (χ1n) is 9.50. The van der Waals surface area contributed by atoms with Crippen molar-refractivity contribution in [1.82, 2.24) is 10.6 Å². The Labute approximate surface area is 180 Å². The molecule has 0 saturated heterocycles. The van der Waals surface area contributed by atoms with E-state index in [1.165, 1.54) is 7.11 Å². The van der Waals surface area contributed by atoms with Crippen LogP contribution in [0.5, 0.6) is 11.5 Å². The minimum Gasteiger partial charge on any atom is -0.493 e. The monoisotopic (exact) mass is 462 g/mol. The van der Waals surface area contributed by atoms with Gasteiger partial charge in [0, 0.05) is 16.1 Å². The van der Waals surface area contributed by atoms with Crippen molar-refractivity contribution in [2.75, 3.05) is 13.7 Å². The molecule has 6 nitrogen and oxygen atoms in total. The fraction of sp³-hybridized carbons (Fsp3) is 0.364. The van der Waals surface area contributed by atoms with Gasteiger partial charge < -0.3 is 20.1 Å². The lowest BCUT2D eigenvalue weighted by Gasteiger charge is -2.18. The van der Waals surface area contributed by atoms with Crippen molar-refractivity contribution in [3.8, 4) is 11.5 Å². The highest BCUT2D eigenvalue weighted by molar-refractivity contribution is 9.10. The molecule has 0 aliphatic rings. The second-order valence-electron chi connectivity index (χ2n) is 6.86. The molecule has 1 atom stereocenters. The number of carbonyl (C=O) groups is 2. The third-order valence-corrected chi connectivity index (χ3v) is 4.75. The fourth-order valence-electron chi connectivity index (χ4n) is 2.79. The minimum atomic E-state index is -0.218. The molecule has 0 aliphatic heterocycles. The molecule has 2 aromatic carbocycles. The summed E-state index contributed by atoms with van der Waals surface area (Å²) >= 11 is 3.42. The maximum atomic E-state index is 12.7. The highest BCUT2D eigenvalue weighted by Crippen LogP contribution is 2.28. The smallest absolute Gasteiger partial charge is 0.258 e. The van der Waals surface area contributed by atoms with Crippen LogP contribution in [0.15, 0.2) is 46.9 Å². The Kier molecular flexibility index (Phi) is 8.51. The van der Waals surface area contributed by atoms with Crippen LogP contribution < -0.4 is 20.1 Å². The highest BCUT2D eigenvalue weighted by Gasteiger charge is 2.17. The molecule has 1 unspecified atom stereocenters. The van der Waals surface area contributed by atoms with Gasteiger partial charge in [-0.05, 0) is 56.2 Å². The standard InChI is InChI=1S/C22H27BrN2O4/c1-5-18(15-6-9-17(23)10-7-15)25-22(27)16-8-11-19(20(12-16)28-4)29-13-21(26)24-14(2)3/h6-12,14,18H,5,13H2,1-4H3,(H,24,26)(H,25,27). The Morgan fingerprint density at radius 1 is 1.03 bits per heavy atom. The summed E-state index contributed by atoms with van der Waals surface area (Å²) in [6, 6.07) is 12.7. The minimum absolute atomic E-state index is 0.0382. The number of nitrogens with one attached hydrogen (secondary N) is 2. The van der Waals surface area contributed by atoms with Crippen molar-refractivity contribution in [1.29, 1.82) is 0 Å². The van der Waals surface area contributed by atoms with Gasteiger partial charge in [0.25, 0.3) is 11.8 Å². The number of benzene rings is 2. The highest BCUT2D eigenvalue weighted by atomic mass is 79.9. The SMILES string of the molecule is CCC(NC(=O)c1ccc(OCC(=O)NC(C)C)c(OC)c1)c1ccc(Br)cc1. The number of hydrogen-bond acceptors (Lipinski definition) is 4. The van der Waals surface area contributed by atoms with Crippen LogP contribution in [0.4, 0.5) is 0 Å². The number of methoxy groups -OCH3 is 1. The molecule has 0 aromatic heterocycles. The molecule has 0 heterocycles. The second-order valence-corrected chi connectivity index (χ2v) is 7.78. The van der Waals surface area contributed by atoms with Gasteiger partial charge in [0.15, 0.2) is 18.1 Å². The summed E-state index contributed by atoms with van der Waals surface area (Å²) in [5.74, 6) is 0.376. The molecule has 0 spiro atoms. The maximum Gasteiger partial charge on any atom is 0.258 e. The molecule has 156 valence electrons. The zero-order valence-corrected chi connectivity index (χ0v) is 18.7. The average molecular weight is 463 g/mol. The average Bonchev–Trinajstić information content (AvgIpc) is 2.70. The fourth-order valence-corrected chi connectivity index (χ4v) is 3.06. The zero-order valence-electron chi connectivity index (χ0n) is 17.1. The van der Waals surface area contributed by atoms with Gasteiger partial charge in [-0.25, -0.2) is 0 Å². The second kappa shape index (κ2) is 10.9. The quantitative estimate of drug-likeness (QED) is 0.583. The van der Waals surface area contributed by atoms with Gasteiger partial charge in [-0.2, -0.15) is 0 Å². The van der Waals surface area contributed by atoms with Gasteiger partial charge in [-0.1, -0.05) is 35.0 Å². The lowest BCUT2D eigenvalue weighted by molar-refractivity contribution is -0.123. The van der Waals surface area contributed by atoms with Crippen LogP contribution in [0.2, 0.25) is 0 Å². The zero-order chi connectivity index (χ0) is 21.4. The molecule has 2 aromatic rings. The van der Waals surface area contributed by atoms with Gasteiger partial charge in [-0.3, -0.25) is 9.59 Å². The van der Waals surface area contributed by atoms with Crippen molar-refractivity contribution in [2.45, 2.75) is 39.3 Å². The summed E-state index contributed by atoms with van der Waals surface area (Å²) in [5.41, 5.74) is 1.49. The number of carbonyl (C=O) groups excluding carboxylic acids is 2. The Bertz CT molecular complexity index is 837. The van der Waals surface area contributed by atoms with Crippen LogP contribution in [0, 0.1) is 0 Å². The van der Waals surface area contributed by atoms with Gasteiger partial charge in [-0.15, -0.1) is 0 Å². The van der Waals surface area contributed by atoms with E-state index in [9.17, 15) is 9.59 Å². The molecule has 0 aliphatic carbocycles. The van der Waals surface area contributed by atoms with Crippen LogP contribution in [0.25, 0.3) is 0 Å². The molecular weight excluding hydrogens is 436 g/mol. The van der Waals surface area contributed by atoms with Gasteiger partial charge in [0.05, 0.1) is 13.2 Å². The van der Waals surface area contributed by atoms with E-state index in [2.05, 4.69) is 26.6 Å². The molecular formula is C22H27BrN2O4. The van der Waals surface area contributed by atoms with Crippen molar-refractivity contribution in [3.05, 3.63) is 58.1 Å². The van der Waals surface area contributed by atoms with Crippen LogP contribution in [-0.4, -0.2) is 31.6 Å². The number of rotatable bonds is 9. The molecule has 2 rings (SSSR count). The predicted molar refractivity (Wildman–Crippen MR) is 116 cm³/mol. The lowest BCUT2D eigenvalue weighted by Crippen LogP contribution is -2.34. The van der Waals surface area contributed by atoms with Crippen molar-refractivity contribution in [2.24, 2.45) is 0 Å². The molecule has 29 heavy (non-hydrogen) atoms. The van der Waals surface area contributed by atoms with Gasteiger partial charge in [0.2, 0.25) is 0 Å². The molecule has 0 radical (unpaired) electrons. The van der Waals surface area contributed by atoms with E-state index in [0.29, 0.717) is 17.1 Å². The van der Waals surface area contributed by atoms with Gasteiger partial charge >= 0.3 is 0 Å². The molecule has 0 bridgehead atoms. The van der Waals surface area contributed by atoms with E-state index in [1.807, 2.05) is 45.0 Å². The van der Waals surface area contributed by atoms with Crippen LogP contribution >= 0.6 is 15.9 Å². The number of halogens is 1. The summed E-state index contributed by atoms with van der Waals surface area (Å²) in [6.07, 6.45) is 0.761. The maximum absolute atomic E-state index is 12.7. The largest absolute Gasteiger partial charge is 0.493 e. The van der Waals surface area contributed by atoms with E-state index < -0.39 is 0 Å². The Morgan fingerprint density at radius 3 is 2.31 bits per heavy atom. The first-order valence-corrected chi connectivity index (χ1v) is 10.3. The summed E-state index contributed by atoms with van der Waals surface area (Å²) in [7, 11) is 1.49. The van der Waals surface area contributed by atoms with Crippen molar-refractivity contribution >= 4 is 27.7 Å². The molecule has 2 amide bonds. The third-order valence-electron chi connectivity index (χ3n) is 4.22. The molecule has 0 saturated carbocycles. The summed E-state index contributed by atoms with van der Waals surface area (Å²) in [5, 5.41) is 5.80. The van der Waals surface area contributed by atoms with Crippen molar-refractivity contribution in [3.63, 3.8) is 0 Å². The Morgan fingerprint density at radius 2 is 1.72 bits per heavy atom. The van der Waals surface area contributed by atoms with Gasteiger partial charge in [0.1, 0.15) is 0 Å². The lowest BCUT2D eigenvalue weighted by atomic mass is 10.0. The predicted octanol–water partition coefficient (Wildman–Crippen LogP) is 4.24. The third kappa shape index (κ3) is 6.78. The summed E-state index contributed by atoms with van der Waals surface area (Å²) in [6.45, 7) is 5.65. The Balaban J connectivity index is 2.08. The normalized spacial score (nSPS) is 11.7. The molecule has 0 fully saturated rings. The number of amides is 2. The first-order chi connectivity index (χ1) is 13.8. The molecule has 2 N–H and O–H groups in total. The number of ether oxygens (including phenoxy) is 2. The topological polar surface area (TPSA) is 76.7 Å². The summed E-state index contributed by atoms with van der Waals surface area (Å²) < 4.78 is 11.9. The van der Waals surface area contributed by atoms with E-state index >= 15 is 0 Å². The van der Waals surface area contributed by atoms with Crippen LogP contribution in [0.1, 0.15) is 49.2 Å². The van der Waals surface area contributed by atoms with Crippen LogP contribution in [0.3, 0.4) is 0 Å². The van der Waals surface area contributed by atoms with E-state index in [1.54, 1.807) is 18.2 Å². The number of hydrogen-bond donors (Lipinski definition) is 2. The molecule has 7 heteroatoms. The summed E-state index contributed by atoms with van der Waals surface area (Å²) in [4.78, 5) is 24.5. The van der Waals surface area contributed by atoms with Crippen LogP contribution in [-0.2, 0) is 4.79 Å². The van der Waals surface area contributed by atoms with E-state index in [-0.39, 0.29) is 30.5 Å². The van der Waals surface area contributed by atoms with E-state index in [0.717, 1.165) is 16.5 Å².